The first-order chi connectivity index (χ1) is 12.5. The molecular formula is C17H14FN3O5. The number of rotatable bonds is 3. The SMILES string of the molecule is Cc1c(C(=O)NNC(=O)C(=O)NCc2ccco2)oc2c(F)cccc12. The van der Waals surface area contributed by atoms with E-state index < -0.39 is 23.5 Å². The van der Waals surface area contributed by atoms with E-state index in [1.807, 2.05) is 5.43 Å². The molecule has 0 aliphatic rings. The molecule has 0 aliphatic carbocycles. The third-order valence-corrected chi connectivity index (χ3v) is 3.62. The van der Waals surface area contributed by atoms with Crippen molar-refractivity contribution in [2.45, 2.75) is 13.5 Å². The van der Waals surface area contributed by atoms with E-state index in [4.69, 9.17) is 8.83 Å². The van der Waals surface area contributed by atoms with Gasteiger partial charge in [-0.3, -0.25) is 25.2 Å². The van der Waals surface area contributed by atoms with Crippen LogP contribution in [0.25, 0.3) is 11.0 Å². The van der Waals surface area contributed by atoms with Crippen molar-refractivity contribution in [3.63, 3.8) is 0 Å². The van der Waals surface area contributed by atoms with Crippen LogP contribution in [0.4, 0.5) is 4.39 Å². The van der Waals surface area contributed by atoms with Gasteiger partial charge in [-0.2, -0.15) is 0 Å². The largest absolute Gasteiger partial charge is 0.467 e. The third kappa shape index (κ3) is 3.41. The van der Waals surface area contributed by atoms with Crippen LogP contribution in [0.5, 0.6) is 0 Å². The number of aryl methyl sites for hydroxylation is 1. The number of halogens is 1. The number of carbonyl (C=O) groups excluding carboxylic acids is 3. The summed E-state index contributed by atoms with van der Waals surface area (Å²) in [6, 6.07) is 7.57. The van der Waals surface area contributed by atoms with Crippen molar-refractivity contribution in [1.29, 1.82) is 0 Å². The zero-order valence-corrected chi connectivity index (χ0v) is 13.6. The van der Waals surface area contributed by atoms with Crippen LogP contribution >= 0.6 is 0 Å². The van der Waals surface area contributed by atoms with Gasteiger partial charge in [0.15, 0.2) is 17.2 Å². The minimum atomic E-state index is -1.08. The summed E-state index contributed by atoms with van der Waals surface area (Å²) in [7, 11) is 0. The molecule has 8 nitrogen and oxygen atoms in total. The van der Waals surface area contributed by atoms with E-state index in [9.17, 15) is 18.8 Å². The standard InChI is InChI=1S/C17H14FN3O5/c1-9-11-5-2-6-12(18)14(11)26-13(9)15(22)20-21-17(24)16(23)19-8-10-4-3-7-25-10/h2-7H,8H2,1H3,(H,19,23)(H,20,22)(H,21,24). The summed E-state index contributed by atoms with van der Waals surface area (Å²) in [6.45, 7) is 1.60. The Balaban J connectivity index is 1.60. The first kappa shape index (κ1) is 17.2. The molecule has 0 fully saturated rings. The maximum Gasteiger partial charge on any atom is 0.327 e. The van der Waals surface area contributed by atoms with Crippen LogP contribution in [0.2, 0.25) is 0 Å². The molecule has 0 radical (unpaired) electrons. The average molecular weight is 359 g/mol. The Hall–Kier alpha value is -3.62. The number of benzene rings is 1. The van der Waals surface area contributed by atoms with Gasteiger partial charge >= 0.3 is 17.7 Å². The van der Waals surface area contributed by atoms with Gasteiger partial charge in [0.25, 0.3) is 0 Å². The maximum absolute atomic E-state index is 13.7. The Morgan fingerprint density at radius 1 is 1.08 bits per heavy atom. The number of amides is 3. The lowest BCUT2D eigenvalue weighted by Gasteiger charge is -2.06. The van der Waals surface area contributed by atoms with Crippen molar-refractivity contribution in [2.75, 3.05) is 0 Å². The van der Waals surface area contributed by atoms with Crippen LogP contribution < -0.4 is 16.2 Å². The number of furan rings is 2. The fourth-order valence-corrected chi connectivity index (χ4v) is 2.31. The predicted octanol–water partition coefficient (Wildman–Crippen LogP) is 1.55. The molecule has 134 valence electrons. The molecule has 0 saturated carbocycles. The van der Waals surface area contributed by atoms with Crippen molar-refractivity contribution >= 4 is 28.7 Å². The Morgan fingerprint density at radius 3 is 2.58 bits per heavy atom. The monoisotopic (exact) mass is 359 g/mol. The van der Waals surface area contributed by atoms with Crippen LogP contribution in [-0.4, -0.2) is 17.7 Å². The molecule has 0 spiro atoms. The summed E-state index contributed by atoms with van der Waals surface area (Å²) in [6.07, 6.45) is 1.43. The predicted molar refractivity (Wildman–Crippen MR) is 87.1 cm³/mol. The highest BCUT2D eigenvalue weighted by Gasteiger charge is 2.21. The summed E-state index contributed by atoms with van der Waals surface area (Å²) < 4.78 is 23.9. The molecule has 26 heavy (non-hydrogen) atoms. The summed E-state index contributed by atoms with van der Waals surface area (Å²) >= 11 is 0. The molecule has 3 amide bonds. The highest BCUT2D eigenvalue weighted by molar-refractivity contribution is 6.35. The van der Waals surface area contributed by atoms with Gasteiger partial charge < -0.3 is 14.2 Å². The second kappa shape index (κ2) is 7.09. The molecule has 3 rings (SSSR count). The van der Waals surface area contributed by atoms with E-state index in [-0.39, 0.29) is 17.9 Å². The van der Waals surface area contributed by atoms with Crippen molar-refractivity contribution in [3.05, 3.63) is 59.5 Å². The number of hydrogen-bond acceptors (Lipinski definition) is 5. The van der Waals surface area contributed by atoms with Gasteiger partial charge in [-0.25, -0.2) is 4.39 Å². The van der Waals surface area contributed by atoms with Gasteiger partial charge in [0.2, 0.25) is 0 Å². The number of para-hydroxylation sites is 1. The van der Waals surface area contributed by atoms with Gasteiger partial charge in [-0.15, -0.1) is 0 Å². The fourth-order valence-electron chi connectivity index (χ4n) is 2.31. The number of hydrogen-bond donors (Lipinski definition) is 3. The van der Waals surface area contributed by atoms with Crippen molar-refractivity contribution < 1.29 is 27.6 Å². The lowest BCUT2D eigenvalue weighted by molar-refractivity contribution is -0.139. The van der Waals surface area contributed by atoms with E-state index in [0.717, 1.165) is 0 Å². The first-order valence-corrected chi connectivity index (χ1v) is 7.56. The van der Waals surface area contributed by atoms with E-state index in [2.05, 4.69) is 10.7 Å². The maximum atomic E-state index is 13.7. The lowest BCUT2D eigenvalue weighted by atomic mass is 10.1. The number of carbonyl (C=O) groups is 3. The molecule has 0 atom stereocenters. The molecule has 2 aromatic heterocycles. The Bertz CT molecular complexity index is 978. The van der Waals surface area contributed by atoms with Gasteiger partial charge in [0.1, 0.15) is 5.76 Å². The Labute approximate surface area is 146 Å². The van der Waals surface area contributed by atoms with Gasteiger partial charge in [-0.1, -0.05) is 12.1 Å². The number of nitrogens with one attached hydrogen (secondary N) is 3. The van der Waals surface area contributed by atoms with Crippen LogP contribution in [0, 0.1) is 12.7 Å². The van der Waals surface area contributed by atoms with E-state index in [1.54, 1.807) is 25.1 Å². The number of hydrazine groups is 1. The molecule has 3 N–H and O–H groups in total. The summed E-state index contributed by atoms with van der Waals surface area (Å²) in [5.74, 6) is -3.16. The minimum absolute atomic E-state index is 0.0230. The summed E-state index contributed by atoms with van der Waals surface area (Å²) in [5.41, 5.74) is 4.37. The van der Waals surface area contributed by atoms with Crippen LogP contribution in [0.3, 0.4) is 0 Å². The fraction of sp³-hybridized carbons (Fsp3) is 0.118. The molecule has 2 heterocycles. The Morgan fingerprint density at radius 2 is 1.88 bits per heavy atom. The summed E-state index contributed by atoms with van der Waals surface area (Å²) in [5, 5.41) is 2.76. The van der Waals surface area contributed by atoms with Crippen LogP contribution in [0.1, 0.15) is 21.9 Å². The molecular weight excluding hydrogens is 345 g/mol. The van der Waals surface area contributed by atoms with E-state index in [0.29, 0.717) is 16.7 Å². The molecule has 0 bridgehead atoms. The molecule has 0 unspecified atom stereocenters. The Kier molecular flexibility index (Phi) is 4.70. The molecule has 9 heteroatoms. The normalized spacial score (nSPS) is 10.5. The zero-order chi connectivity index (χ0) is 18.7. The smallest absolute Gasteiger partial charge is 0.327 e. The average Bonchev–Trinajstić information content (AvgIpc) is 3.26. The number of fused-ring (bicyclic) bond motifs is 1. The van der Waals surface area contributed by atoms with Crippen molar-refractivity contribution in [2.24, 2.45) is 0 Å². The second-order valence-electron chi connectivity index (χ2n) is 5.34. The molecule has 1 aromatic carbocycles. The van der Waals surface area contributed by atoms with Gasteiger partial charge in [0, 0.05) is 10.9 Å². The molecule has 3 aromatic rings. The van der Waals surface area contributed by atoms with Gasteiger partial charge in [0.05, 0.1) is 12.8 Å². The highest BCUT2D eigenvalue weighted by Crippen LogP contribution is 2.26. The van der Waals surface area contributed by atoms with Crippen molar-refractivity contribution in [3.8, 4) is 0 Å². The lowest BCUT2D eigenvalue weighted by Crippen LogP contribution is -2.48. The summed E-state index contributed by atoms with van der Waals surface area (Å²) in [4.78, 5) is 35.5. The first-order valence-electron chi connectivity index (χ1n) is 7.56. The van der Waals surface area contributed by atoms with E-state index in [1.165, 1.54) is 18.4 Å². The minimum Gasteiger partial charge on any atom is -0.467 e. The van der Waals surface area contributed by atoms with Gasteiger partial charge in [-0.05, 0) is 25.1 Å². The highest BCUT2D eigenvalue weighted by atomic mass is 19.1. The van der Waals surface area contributed by atoms with Crippen LogP contribution in [-0.2, 0) is 16.1 Å². The van der Waals surface area contributed by atoms with E-state index >= 15 is 0 Å². The quantitative estimate of drug-likeness (QED) is 0.485. The molecule has 0 saturated heterocycles. The third-order valence-electron chi connectivity index (χ3n) is 3.62. The topological polar surface area (TPSA) is 114 Å². The van der Waals surface area contributed by atoms with Crippen LogP contribution in [0.15, 0.2) is 45.4 Å². The molecule has 0 aliphatic heterocycles. The van der Waals surface area contributed by atoms with Crippen molar-refractivity contribution in [1.82, 2.24) is 16.2 Å². The second-order valence-corrected chi connectivity index (χ2v) is 5.34. The zero-order valence-electron chi connectivity index (χ0n) is 13.6.